The van der Waals surface area contributed by atoms with Crippen LogP contribution in [0.15, 0.2) is 78.9 Å². The highest BCUT2D eigenvalue weighted by Gasteiger charge is 2.14. The number of carbonyl (C=O) groups is 2. The lowest BCUT2D eigenvalue weighted by Gasteiger charge is -2.13. The van der Waals surface area contributed by atoms with Crippen LogP contribution in [0, 0.1) is 0 Å². The molecule has 2 amide bonds. The number of nitrogens with zero attached hydrogens (tertiary/aromatic N) is 1. The van der Waals surface area contributed by atoms with Gasteiger partial charge in [-0.3, -0.25) is 9.59 Å². The summed E-state index contributed by atoms with van der Waals surface area (Å²) in [6.07, 6.45) is 0. The van der Waals surface area contributed by atoms with Crippen molar-refractivity contribution in [2.75, 3.05) is 19.4 Å². The third kappa shape index (κ3) is 4.52. The van der Waals surface area contributed by atoms with Crippen LogP contribution in [0.4, 0.5) is 5.69 Å². The Kier molecular flexibility index (Phi) is 5.52. The summed E-state index contributed by atoms with van der Waals surface area (Å²) in [7, 11) is 3.37. The molecular formula is C22H20N2O3. The molecule has 136 valence electrons. The number of carbonyl (C=O) groups excluding carboxylic acids is 2. The van der Waals surface area contributed by atoms with Gasteiger partial charge in [-0.15, -0.1) is 0 Å². The lowest BCUT2D eigenvalue weighted by molar-refractivity contribution is 0.0827. The van der Waals surface area contributed by atoms with Crippen LogP contribution in [0.2, 0.25) is 0 Å². The summed E-state index contributed by atoms with van der Waals surface area (Å²) in [5.41, 5.74) is 1.46. The summed E-state index contributed by atoms with van der Waals surface area (Å²) in [6, 6.07) is 23.1. The first-order valence-corrected chi connectivity index (χ1v) is 8.49. The van der Waals surface area contributed by atoms with E-state index in [1.807, 2.05) is 36.4 Å². The topological polar surface area (TPSA) is 58.6 Å². The van der Waals surface area contributed by atoms with Crippen molar-refractivity contribution < 1.29 is 14.3 Å². The zero-order valence-corrected chi connectivity index (χ0v) is 15.2. The highest BCUT2D eigenvalue weighted by molar-refractivity contribution is 6.06. The Labute approximate surface area is 158 Å². The number of ether oxygens (including phenoxy) is 1. The van der Waals surface area contributed by atoms with Gasteiger partial charge in [0, 0.05) is 25.3 Å². The number of rotatable bonds is 5. The Morgan fingerprint density at radius 2 is 1.56 bits per heavy atom. The number of amides is 2. The molecule has 0 aliphatic rings. The zero-order chi connectivity index (χ0) is 19.2. The van der Waals surface area contributed by atoms with E-state index in [1.54, 1.807) is 56.6 Å². The van der Waals surface area contributed by atoms with Gasteiger partial charge >= 0.3 is 0 Å². The summed E-state index contributed by atoms with van der Waals surface area (Å²) >= 11 is 0. The van der Waals surface area contributed by atoms with Gasteiger partial charge in [-0.05, 0) is 42.5 Å². The maximum Gasteiger partial charge on any atom is 0.259 e. The van der Waals surface area contributed by atoms with Crippen molar-refractivity contribution in [2.45, 2.75) is 0 Å². The summed E-state index contributed by atoms with van der Waals surface area (Å²) < 4.78 is 5.84. The summed E-state index contributed by atoms with van der Waals surface area (Å²) in [6.45, 7) is 0. The van der Waals surface area contributed by atoms with Crippen LogP contribution >= 0.6 is 0 Å². The number of benzene rings is 3. The summed E-state index contributed by atoms with van der Waals surface area (Å²) in [4.78, 5) is 26.3. The van der Waals surface area contributed by atoms with E-state index in [0.717, 1.165) is 0 Å². The molecule has 3 aromatic carbocycles. The molecular weight excluding hydrogens is 340 g/mol. The van der Waals surface area contributed by atoms with Crippen LogP contribution in [0.3, 0.4) is 0 Å². The van der Waals surface area contributed by atoms with Crippen molar-refractivity contribution in [3.63, 3.8) is 0 Å². The molecule has 0 radical (unpaired) electrons. The molecule has 3 aromatic rings. The average molecular weight is 360 g/mol. The van der Waals surface area contributed by atoms with Crippen molar-refractivity contribution in [2.24, 2.45) is 0 Å². The minimum absolute atomic E-state index is 0.126. The third-order valence-corrected chi connectivity index (χ3v) is 3.88. The minimum atomic E-state index is -0.309. The standard InChI is InChI=1S/C22H20N2O3/c1-24(2)22(26)16-9-8-10-17(15-16)23-21(25)19-13-6-7-14-20(19)27-18-11-4-3-5-12-18/h3-15H,1-2H3,(H,23,25). The van der Waals surface area contributed by atoms with E-state index in [0.29, 0.717) is 28.3 Å². The molecule has 0 bridgehead atoms. The second kappa shape index (κ2) is 8.19. The van der Waals surface area contributed by atoms with Gasteiger partial charge in [0.1, 0.15) is 11.5 Å². The van der Waals surface area contributed by atoms with Crippen molar-refractivity contribution >= 4 is 17.5 Å². The SMILES string of the molecule is CN(C)C(=O)c1cccc(NC(=O)c2ccccc2Oc2ccccc2)c1. The smallest absolute Gasteiger partial charge is 0.259 e. The molecule has 0 fully saturated rings. The molecule has 0 aliphatic heterocycles. The molecule has 0 aromatic heterocycles. The molecule has 1 N–H and O–H groups in total. The minimum Gasteiger partial charge on any atom is -0.457 e. The number of hydrogen-bond acceptors (Lipinski definition) is 3. The van der Waals surface area contributed by atoms with Gasteiger partial charge in [-0.1, -0.05) is 36.4 Å². The van der Waals surface area contributed by atoms with Crippen LogP contribution < -0.4 is 10.1 Å². The molecule has 0 saturated heterocycles. The molecule has 27 heavy (non-hydrogen) atoms. The molecule has 0 atom stereocenters. The van der Waals surface area contributed by atoms with Crippen molar-refractivity contribution in [1.29, 1.82) is 0 Å². The molecule has 0 saturated carbocycles. The molecule has 0 heterocycles. The number of nitrogens with one attached hydrogen (secondary N) is 1. The Morgan fingerprint density at radius 1 is 0.852 bits per heavy atom. The zero-order valence-electron chi connectivity index (χ0n) is 15.2. The van der Waals surface area contributed by atoms with Gasteiger partial charge in [-0.25, -0.2) is 0 Å². The fraction of sp³-hybridized carbons (Fsp3) is 0.0909. The summed E-state index contributed by atoms with van der Waals surface area (Å²) in [5, 5.41) is 2.83. The van der Waals surface area contributed by atoms with E-state index in [9.17, 15) is 9.59 Å². The van der Waals surface area contributed by atoms with E-state index < -0.39 is 0 Å². The second-order valence-corrected chi connectivity index (χ2v) is 6.15. The molecule has 5 nitrogen and oxygen atoms in total. The number of anilines is 1. The van der Waals surface area contributed by atoms with Crippen molar-refractivity contribution in [3.05, 3.63) is 90.0 Å². The van der Waals surface area contributed by atoms with Crippen molar-refractivity contribution in [1.82, 2.24) is 4.90 Å². The van der Waals surface area contributed by atoms with Crippen LogP contribution in [-0.2, 0) is 0 Å². The molecule has 0 spiro atoms. The lowest BCUT2D eigenvalue weighted by Crippen LogP contribution is -2.22. The van der Waals surface area contributed by atoms with Gasteiger partial charge in [0.05, 0.1) is 5.56 Å². The molecule has 0 aliphatic carbocycles. The second-order valence-electron chi connectivity index (χ2n) is 6.15. The fourth-order valence-electron chi connectivity index (χ4n) is 2.55. The maximum atomic E-state index is 12.8. The first-order chi connectivity index (χ1) is 13.0. The van der Waals surface area contributed by atoms with E-state index in [4.69, 9.17) is 4.74 Å². The van der Waals surface area contributed by atoms with E-state index in [1.165, 1.54) is 4.90 Å². The Bertz CT molecular complexity index is 953. The average Bonchev–Trinajstić information content (AvgIpc) is 2.68. The number of hydrogen-bond donors (Lipinski definition) is 1. The highest BCUT2D eigenvalue weighted by Crippen LogP contribution is 2.26. The van der Waals surface area contributed by atoms with Gasteiger partial charge in [0.2, 0.25) is 0 Å². The van der Waals surface area contributed by atoms with Gasteiger partial charge in [-0.2, -0.15) is 0 Å². The first kappa shape index (κ1) is 18.2. The summed E-state index contributed by atoms with van der Waals surface area (Å²) in [5.74, 6) is 0.674. The fourth-order valence-corrected chi connectivity index (χ4v) is 2.55. The highest BCUT2D eigenvalue weighted by atomic mass is 16.5. The van der Waals surface area contributed by atoms with Crippen LogP contribution in [0.1, 0.15) is 20.7 Å². The normalized spacial score (nSPS) is 10.1. The van der Waals surface area contributed by atoms with E-state index >= 15 is 0 Å². The monoisotopic (exact) mass is 360 g/mol. The quantitative estimate of drug-likeness (QED) is 0.732. The largest absolute Gasteiger partial charge is 0.457 e. The number of para-hydroxylation sites is 2. The van der Waals surface area contributed by atoms with E-state index in [-0.39, 0.29) is 11.8 Å². The first-order valence-electron chi connectivity index (χ1n) is 8.49. The van der Waals surface area contributed by atoms with Gasteiger partial charge in [0.25, 0.3) is 11.8 Å². The predicted molar refractivity (Wildman–Crippen MR) is 105 cm³/mol. The predicted octanol–water partition coefficient (Wildman–Crippen LogP) is 4.43. The Hall–Kier alpha value is -3.60. The molecule has 3 rings (SSSR count). The van der Waals surface area contributed by atoms with Gasteiger partial charge < -0.3 is 15.0 Å². The lowest BCUT2D eigenvalue weighted by atomic mass is 10.1. The Morgan fingerprint density at radius 3 is 2.30 bits per heavy atom. The van der Waals surface area contributed by atoms with Crippen molar-refractivity contribution in [3.8, 4) is 11.5 Å². The third-order valence-electron chi connectivity index (χ3n) is 3.88. The van der Waals surface area contributed by atoms with Gasteiger partial charge in [0.15, 0.2) is 0 Å². The molecule has 0 unspecified atom stereocenters. The maximum absolute atomic E-state index is 12.8. The van der Waals surface area contributed by atoms with Crippen LogP contribution in [0.25, 0.3) is 0 Å². The molecule has 5 heteroatoms. The van der Waals surface area contributed by atoms with E-state index in [2.05, 4.69) is 5.32 Å². The van der Waals surface area contributed by atoms with Crippen LogP contribution in [-0.4, -0.2) is 30.8 Å². The van der Waals surface area contributed by atoms with Crippen LogP contribution in [0.5, 0.6) is 11.5 Å². The Balaban J connectivity index is 1.81.